The Kier molecular flexibility index (Phi) is 2.71. The largest absolute Gasteiger partial charge is 0.323 e. The number of aromatic nitrogens is 4. The Morgan fingerprint density at radius 3 is 3.14 bits per heavy atom. The number of nitrogens with zero attached hydrogens (tertiary/aromatic N) is 4. The van der Waals surface area contributed by atoms with E-state index in [1.165, 1.54) is 0 Å². The molecule has 0 aliphatic carbocycles. The molecule has 3 heterocycles. The number of hydrogen-bond acceptors (Lipinski definition) is 5. The molecule has 0 spiro atoms. The van der Waals surface area contributed by atoms with Gasteiger partial charge in [-0.15, -0.1) is 11.3 Å². The first-order valence-electron chi connectivity index (χ1n) is 6.47. The summed E-state index contributed by atoms with van der Waals surface area (Å²) in [4.78, 5) is 13.0. The van der Waals surface area contributed by atoms with Gasteiger partial charge in [0.15, 0.2) is 4.96 Å². The summed E-state index contributed by atoms with van der Waals surface area (Å²) in [7, 11) is 0. The van der Waals surface area contributed by atoms with Crippen LogP contribution >= 0.6 is 11.3 Å². The third-order valence-corrected chi connectivity index (χ3v) is 3.99. The number of rotatable bonds is 3. The first-order valence-corrected chi connectivity index (χ1v) is 7.35. The molecule has 0 radical (unpaired) electrons. The summed E-state index contributed by atoms with van der Waals surface area (Å²) in [6.45, 7) is 1.97. The number of aromatic amines is 1. The van der Waals surface area contributed by atoms with Crippen LogP contribution < -0.4 is 5.43 Å². The van der Waals surface area contributed by atoms with E-state index in [0.717, 1.165) is 27.4 Å². The number of para-hydroxylation sites is 2. The van der Waals surface area contributed by atoms with Gasteiger partial charge in [-0.05, 0) is 19.1 Å². The second kappa shape index (κ2) is 4.71. The predicted molar refractivity (Wildman–Crippen MR) is 85.1 cm³/mol. The fourth-order valence-electron chi connectivity index (χ4n) is 2.23. The Bertz CT molecular complexity index is 912. The molecule has 2 N–H and O–H groups in total. The predicted octanol–water partition coefficient (Wildman–Crippen LogP) is 3.03. The lowest BCUT2D eigenvalue weighted by Gasteiger charge is -1.94. The summed E-state index contributed by atoms with van der Waals surface area (Å²) < 4.78 is 2.02. The van der Waals surface area contributed by atoms with Crippen molar-refractivity contribution in [2.75, 3.05) is 5.43 Å². The van der Waals surface area contributed by atoms with Gasteiger partial charge >= 0.3 is 0 Å². The molecule has 0 aliphatic heterocycles. The molecule has 0 atom stereocenters. The summed E-state index contributed by atoms with van der Waals surface area (Å²) in [6, 6.07) is 7.86. The van der Waals surface area contributed by atoms with Crippen LogP contribution in [0.15, 0.2) is 40.9 Å². The molecule has 0 bridgehead atoms. The Labute approximate surface area is 124 Å². The second-order valence-electron chi connectivity index (χ2n) is 4.61. The third-order valence-electron chi connectivity index (χ3n) is 3.23. The zero-order valence-corrected chi connectivity index (χ0v) is 12.1. The lowest BCUT2D eigenvalue weighted by Crippen LogP contribution is -1.95. The minimum absolute atomic E-state index is 0.621. The standard InChI is InChI=1S/C14H12N6S/c1-9-12(20-6-7-21-14(20)16-9)8-15-19-13-17-10-4-2-3-5-11(10)18-13/h2-8H,1H3,(H2,17,18,19). The van der Waals surface area contributed by atoms with Crippen LogP contribution in [-0.2, 0) is 0 Å². The summed E-state index contributed by atoms with van der Waals surface area (Å²) in [6.07, 6.45) is 3.75. The average molecular weight is 296 g/mol. The highest BCUT2D eigenvalue weighted by Gasteiger charge is 2.07. The number of aryl methyl sites for hydroxylation is 1. The van der Waals surface area contributed by atoms with Crippen LogP contribution in [0.25, 0.3) is 16.0 Å². The molecule has 0 unspecified atom stereocenters. The van der Waals surface area contributed by atoms with Crippen molar-refractivity contribution in [2.24, 2.45) is 5.10 Å². The number of imidazole rings is 2. The molecule has 0 fully saturated rings. The first-order chi connectivity index (χ1) is 10.3. The lowest BCUT2D eigenvalue weighted by atomic mass is 10.3. The maximum Gasteiger partial charge on any atom is 0.222 e. The number of anilines is 1. The summed E-state index contributed by atoms with van der Waals surface area (Å²) in [5.74, 6) is 0.621. The Hall–Kier alpha value is -2.67. The van der Waals surface area contributed by atoms with Gasteiger partial charge in [-0.3, -0.25) is 4.40 Å². The van der Waals surface area contributed by atoms with E-state index in [4.69, 9.17) is 0 Å². The van der Waals surface area contributed by atoms with E-state index < -0.39 is 0 Å². The topological polar surface area (TPSA) is 70.4 Å². The summed E-state index contributed by atoms with van der Waals surface area (Å²) in [5.41, 5.74) is 6.74. The smallest absolute Gasteiger partial charge is 0.222 e. The third kappa shape index (κ3) is 2.07. The number of hydrogen-bond donors (Lipinski definition) is 2. The van der Waals surface area contributed by atoms with Gasteiger partial charge in [-0.25, -0.2) is 15.4 Å². The van der Waals surface area contributed by atoms with Gasteiger partial charge in [0.05, 0.1) is 28.6 Å². The van der Waals surface area contributed by atoms with Gasteiger partial charge in [-0.1, -0.05) is 12.1 Å². The minimum atomic E-state index is 0.621. The van der Waals surface area contributed by atoms with Crippen molar-refractivity contribution in [1.29, 1.82) is 0 Å². The molecular weight excluding hydrogens is 284 g/mol. The van der Waals surface area contributed by atoms with Crippen molar-refractivity contribution in [3.63, 3.8) is 0 Å². The Morgan fingerprint density at radius 2 is 2.24 bits per heavy atom. The molecule has 0 aliphatic rings. The van der Waals surface area contributed by atoms with Crippen LogP contribution in [0.2, 0.25) is 0 Å². The van der Waals surface area contributed by atoms with Crippen molar-refractivity contribution in [3.05, 3.63) is 47.2 Å². The van der Waals surface area contributed by atoms with Gasteiger partial charge in [0, 0.05) is 11.6 Å². The molecular formula is C14H12N6S. The molecule has 6 nitrogen and oxygen atoms in total. The highest BCUT2D eigenvalue weighted by Crippen LogP contribution is 2.16. The zero-order valence-electron chi connectivity index (χ0n) is 11.2. The maximum atomic E-state index is 4.47. The molecule has 7 heteroatoms. The van der Waals surface area contributed by atoms with E-state index in [1.54, 1.807) is 17.6 Å². The van der Waals surface area contributed by atoms with Gasteiger partial charge in [0.1, 0.15) is 0 Å². The molecule has 21 heavy (non-hydrogen) atoms. The Morgan fingerprint density at radius 1 is 1.33 bits per heavy atom. The van der Waals surface area contributed by atoms with Gasteiger partial charge in [0.2, 0.25) is 5.95 Å². The number of H-pyrrole nitrogens is 1. The van der Waals surface area contributed by atoms with Crippen LogP contribution in [-0.4, -0.2) is 25.6 Å². The van der Waals surface area contributed by atoms with Gasteiger partial charge < -0.3 is 4.98 Å². The number of thiazole rings is 1. The highest BCUT2D eigenvalue weighted by atomic mass is 32.1. The lowest BCUT2D eigenvalue weighted by molar-refractivity contribution is 1.18. The molecule has 3 aromatic heterocycles. The fraction of sp³-hybridized carbons (Fsp3) is 0.0714. The van der Waals surface area contributed by atoms with Crippen molar-refractivity contribution < 1.29 is 0 Å². The first kappa shape index (κ1) is 12.1. The van der Waals surface area contributed by atoms with Crippen molar-refractivity contribution in [2.45, 2.75) is 6.92 Å². The number of nitrogens with one attached hydrogen (secondary N) is 2. The quantitative estimate of drug-likeness (QED) is 0.451. The summed E-state index contributed by atoms with van der Waals surface area (Å²) >= 11 is 1.61. The molecule has 104 valence electrons. The van der Waals surface area contributed by atoms with Crippen molar-refractivity contribution in [1.82, 2.24) is 19.4 Å². The minimum Gasteiger partial charge on any atom is -0.323 e. The number of benzene rings is 1. The van der Waals surface area contributed by atoms with Crippen LogP contribution in [0.4, 0.5) is 5.95 Å². The molecule has 0 saturated heterocycles. The van der Waals surface area contributed by atoms with Crippen LogP contribution in [0.1, 0.15) is 11.4 Å². The SMILES string of the molecule is Cc1nc2sccn2c1C=NNc1nc2ccccc2[nH]1. The normalized spacial score (nSPS) is 11.9. The van der Waals surface area contributed by atoms with Crippen LogP contribution in [0, 0.1) is 6.92 Å². The van der Waals surface area contributed by atoms with Gasteiger partial charge in [-0.2, -0.15) is 5.10 Å². The van der Waals surface area contributed by atoms with E-state index in [9.17, 15) is 0 Å². The fourth-order valence-corrected chi connectivity index (χ4v) is 2.99. The zero-order chi connectivity index (χ0) is 14.2. The van der Waals surface area contributed by atoms with E-state index >= 15 is 0 Å². The monoisotopic (exact) mass is 296 g/mol. The van der Waals surface area contributed by atoms with E-state index in [0.29, 0.717) is 5.95 Å². The van der Waals surface area contributed by atoms with Crippen molar-refractivity contribution in [3.8, 4) is 0 Å². The van der Waals surface area contributed by atoms with E-state index in [2.05, 4.69) is 25.5 Å². The highest BCUT2D eigenvalue weighted by molar-refractivity contribution is 7.15. The van der Waals surface area contributed by atoms with E-state index in [-0.39, 0.29) is 0 Å². The number of hydrazone groups is 1. The molecule has 1 aromatic carbocycles. The summed E-state index contributed by atoms with van der Waals surface area (Å²) in [5, 5.41) is 6.25. The molecule has 0 amide bonds. The van der Waals surface area contributed by atoms with Gasteiger partial charge in [0.25, 0.3) is 0 Å². The maximum absolute atomic E-state index is 4.47. The number of fused-ring (bicyclic) bond motifs is 2. The van der Waals surface area contributed by atoms with Crippen LogP contribution in [0.3, 0.4) is 0 Å². The van der Waals surface area contributed by atoms with Crippen molar-refractivity contribution >= 4 is 39.5 Å². The second-order valence-corrected chi connectivity index (χ2v) is 5.48. The van der Waals surface area contributed by atoms with Crippen LogP contribution in [0.5, 0.6) is 0 Å². The molecule has 4 aromatic rings. The van der Waals surface area contributed by atoms with E-state index in [1.807, 2.05) is 47.2 Å². The molecule has 0 saturated carbocycles. The molecule has 4 rings (SSSR count). The Balaban J connectivity index is 1.61. The average Bonchev–Trinajstić information content (AvgIpc) is 3.14.